The number of hydrogen-bond acceptors (Lipinski definition) is 9. The topological polar surface area (TPSA) is 132 Å². The van der Waals surface area contributed by atoms with Crippen molar-refractivity contribution in [2.24, 2.45) is 4.99 Å². The molecule has 1 amide bonds. The van der Waals surface area contributed by atoms with E-state index in [1.807, 2.05) is 4.90 Å². The molecule has 0 aromatic carbocycles. The first-order valence-corrected chi connectivity index (χ1v) is 9.89. The van der Waals surface area contributed by atoms with Gasteiger partial charge in [-0.2, -0.15) is 9.98 Å². The molecule has 0 aliphatic carbocycles. The second-order valence-corrected chi connectivity index (χ2v) is 6.93. The molecule has 3 N–H and O–H groups in total. The normalized spacial score (nSPS) is 14.1. The first kappa shape index (κ1) is 21.0. The van der Waals surface area contributed by atoms with Crippen LogP contribution in [-0.4, -0.2) is 53.0 Å². The van der Waals surface area contributed by atoms with Crippen molar-refractivity contribution in [2.45, 2.75) is 6.92 Å². The molecule has 162 valence electrons. The van der Waals surface area contributed by atoms with E-state index in [0.717, 1.165) is 5.56 Å². The van der Waals surface area contributed by atoms with Gasteiger partial charge in [-0.15, -0.1) is 6.42 Å². The van der Waals surface area contributed by atoms with Gasteiger partial charge in [0.15, 0.2) is 5.69 Å². The average molecular weight is 431 g/mol. The van der Waals surface area contributed by atoms with Crippen LogP contribution in [0, 0.1) is 12.3 Å². The highest BCUT2D eigenvalue weighted by Crippen LogP contribution is 2.26. The number of ether oxygens (including phenoxy) is 1. The molecule has 32 heavy (non-hydrogen) atoms. The zero-order valence-corrected chi connectivity index (χ0v) is 17.4. The molecule has 0 unspecified atom stereocenters. The van der Waals surface area contributed by atoms with Crippen molar-refractivity contribution in [2.75, 3.05) is 36.9 Å². The Balaban J connectivity index is 1.50. The van der Waals surface area contributed by atoms with Crippen molar-refractivity contribution in [1.82, 2.24) is 20.3 Å². The van der Waals surface area contributed by atoms with Gasteiger partial charge < -0.3 is 25.1 Å². The summed E-state index contributed by atoms with van der Waals surface area (Å²) in [6.45, 7) is 4.09. The van der Waals surface area contributed by atoms with E-state index in [-0.39, 0.29) is 23.1 Å². The van der Waals surface area contributed by atoms with Gasteiger partial charge in [-0.3, -0.25) is 4.79 Å². The zero-order valence-electron chi connectivity index (χ0n) is 17.4. The van der Waals surface area contributed by atoms with Crippen LogP contribution in [0.1, 0.15) is 23.1 Å². The molecule has 0 radical (unpaired) electrons. The third-order valence-electron chi connectivity index (χ3n) is 4.64. The van der Waals surface area contributed by atoms with Crippen LogP contribution in [0.2, 0.25) is 0 Å². The predicted octanol–water partition coefficient (Wildman–Crippen LogP) is 2.01. The maximum atomic E-state index is 12.7. The summed E-state index contributed by atoms with van der Waals surface area (Å²) in [5.41, 5.74) is 7.45. The fourth-order valence-corrected chi connectivity index (χ4v) is 3.05. The zero-order chi connectivity index (χ0) is 22.5. The summed E-state index contributed by atoms with van der Waals surface area (Å²) in [7, 11) is 0. The summed E-state index contributed by atoms with van der Waals surface area (Å²) in [6, 6.07) is 8.97. The molecule has 0 atom stereocenters. The molecule has 1 aliphatic heterocycles. The molecule has 10 heteroatoms. The van der Waals surface area contributed by atoms with Gasteiger partial charge in [0.05, 0.1) is 18.9 Å². The number of nitrogens with one attached hydrogen (secondary N) is 1. The molecular formula is C22H21N7O3. The number of aliphatic imine (C=N–C) groups is 1. The van der Waals surface area contributed by atoms with Crippen molar-refractivity contribution >= 4 is 29.5 Å². The predicted molar refractivity (Wildman–Crippen MR) is 120 cm³/mol. The van der Waals surface area contributed by atoms with Crippen molar-refractivity contribution in [3.63, 3.8) is 0 Å². The van der Waals surface area contributed by atoms with Crippen molar-refractivity contribution in [3.8, 4) is 23.6 Å². The molecule has 0 saturated carbocycles. The Morgan fingerprint density at radius 2 is 2.06 bits per heavy atom. The minimum Gasteiger partial charge on any atom is -0.403 e. The summed E-state index contributed by atoms with van der Waals surface area (Å²) < 4.78 is 11.1. The van der Waals surface area contributed by atoms with Gasteiger partial charge in [-0.25, -0.2) is 9.97 Å². The summed E-state index contributed by atoms with van der Waals surface area (Å²) in [5, 5.41) is 2.70. The van der Waals surface area contributed by atoms with Crippen LogP contribution < -0.4 is 16.0 Å². The fourth-order valence-electron chi connectivity index (χ4n) is 3.05. The monoisotopic (exact) mass is 431 g/mol. The lowest BCUT2D eigenvalue weighted by Crippen LogP contribution is -2.36. The molecule has 1 saturated heterocycles. The number of oxazole rings is 1. The van der Waals surface area contributed by atoms with E-state index in [9.17, 15) is 4.79 Å². The summed E-state index contributed by atoms with van der Waals surface area (Å²) in [6.07, 6.45) is 7.15. The van der Waals surface area contributed by atoms with Gasteiger partial charge in [0.1, 0.15) is 17.3 Å². The average Bonchev–Trinajstić information content (AvgIpc) is 3.23. The molecule has 3 aromatic heterocycles. The van der Waals surface area contributed by atoms with Gasteiger partial charge in [0.25, 0.3) is 11.8 Å². The van der Waals surface area contributed by atoms with Gasteiger partial charge in [-0.05, 0) is 37.1 Å². The van der Waals surface area contributed by atoms with Crippen LogP contribution in [0.4, 0.5) is 17.7 Å². The molecule has 1 aliphatic rings. The number of nitrogen functional groups attached to an aromatic ring is 1. The van der Waals surface area contributed by atoms with Crippen LogP contribution in [0.25, 0.3) is 11.3 Å². The van der Waals surface area contributed by atoms with Crippen molar-refractivity contribution in [1.29, 1.82) is 0 Å². The number of hydrogen-bond donors (Lipinski definition) is 2. The number of amidine groups is 1. The Kier molecular flexibility index (Phi) is 6.10. The third kappa shape index (κ3) is 4.74. The second-order valence-electron chi connectivity index (χ2n) is 6.93. The summed E-state index contributed by atoms with van der Waals surface area (Å²) in [5.74, 6) is 2.89. The number of nitrogens with zero attached hydrogens (tertiary/aromatic N) is 5. The SMILES string of the molecule is C#Cc1nc(N2CCOCC2)oc1/N=C(\C)NC(=O)c1cccc(-c2ccc(N)nc2)n1. The highest BCUT2D eigenvalue weighted by Gasteiger charge is 2.20. The van der Waals surface area contributed by atoms with Gasteiger partial charge in [0, 0.05) is 24.8 Å². The molecule has 3 aromatic rings. The second kappa shape index (κ2) is 9.28. The highest BCUT2D eigenvalue weighted by atomic mass is 16.5. The van der Waals surface area contributed by atoms with E-state index in [4.69, 9.17) is 21.3 Å². The third-order valence-corrected chi connectivity index (χ3v) is 4.64. The van der Waals surface area contributed by atoms with Crippen LogP contribution >= 0.6 is 0 Å². The molecule has 4 heterocycles. The highest BCUT2D eigenvalue weighted by molar-refractivity contribution is 6.05. The molecule has 0 bridgehead atoms. The number of amides is 1. The van der Waals surface area contributed by atoms with Crippen molar-refractivity contribution in [3.05, 3.63) is 47.9 Å². The van der Waals surface area contributed by atoms with E-state index < -0.39 is 5.91 Å². The smallest absolute Gasteiger partial charge is 0.300 e. The van der Waals surface area contributed by atoms with Crippen LogP contribution in [0.15, 0.2) is 45.9 Å². The Bertz CT molecular complexity index is 1190. The fraction of sp³-hybridized carbons (Fsp3) is 0.227. The maximum Gasteiger partial charge on any atom is 0.300 e. The Morgan fingerprint density at radius 1 is 1.25 bits per heavy atom. The van der Waals surface area contributed by atoms with Crippen molar-refractivity contribution < 1.29 is 13.9 Å². The van der Waals surface area contributed by atoms with E-state index in [1.165, 1.54) is 0 Å². The number of carbonyl (C=O) groups is 1. The summed E-state index contributed by atoms with van der Waals surface area (Å²) >= 11 is 0. The number of terminal acetylenes is 1. The van der Waals surface area contributed by atoms with E-state index in [2.05, 4.69) is 31.2 Å². The number of aromatic nitrogens is 3. The summed E-state index contributed by atoms with van der Waals surface area (Å²) in [4.78, 5) is 31.7. The molecule has 1 fully saturated rings. The Morgan fingerprint density at radius 3 is 2.78 bits per heavy atom. The number of pyridine rings is 2. The number of anilines is 2. The Labute approximate surface area is 184 Å². The number of rotatable bonds is 4. The standard InChI is InChI=1S/C22H21N7O3/c1-3-16-21(32-22(28-16)29-9-11-31-12-10-29)26-14(2)25-20(30)18-6-4-5-17(27-18)15-7-8-19(23)24-13-15/h1,4-8,13H,9-12H2,2H3,(H2,23,24)(H,25,26,30). The van der Waals surface area contributed by atoms with E-state index in [1.54, 1.807) is 43.5 Å². The lowest BCUT2D eigenvalue weighted by Gasteiger charge is -2.24. The molecular weight excluding hydrogens is 410 g/mol. The quantitative estimate of drug-likeness (QED) is 0.364. The lowest BCUT2D eigenvalue weighted by molar-refractivity contribution is 0.0972. The largest absolute Gasteiger partial charge is 0.403 e. The Hall–Kier alpha value is -4.23. The van der Waals surface area contributed by atoms with Crippen LogP contribution in [-0.2, 0) is 4.74 Å². The van der Waals surface area contributed by atoms with Crippen LogP contribution in [0.5, 0.6) is 0 Å². The van der Waals surface area contributed by atoms with E-state index in [0.29, 0.717) is 43.8 Å². The molecule has 10 nitrogen and oxygen atoms in total. The van der Waals surface area contributed by atoms with Gasteiger partial charge in [-0.1, -0.05) is 6.07 Å². The minimum atomic E-state index is -0.424. The van der Waals surface area contributed by atoms with Gasteiger partial charge in [0.2, 0.25) is 0 Å². The maximum absolute atomic E-state index is 12.7. The number of nitrogens with two attached hydrogens (primary N) is 1. The first-order chi connectivity index (χ1) is 15.5. The van der Waals surface area contributed by atoms with Crippen LogP contribution in [0.3, 0.4) is 0 Å². The molecule has 4 rings (SSSR count). The lowest BCUT2D eigenvalue weighted by atomic mass is 10.2. The molecule has 0 spiro atoms. The van der Waals surface area contributed by atoms with E-state index >= 15 is 0 Å². The van der Waals surface area contributed by atoms with Gasteiger partial charge >= 0.3 is 6.01 Å². The first-order valence-electron chi connectivity index (χ1n) is 9.89. The number of morpholine rings is 1. The number of carbonyl (C=O) groups excluding carboxylic acids is 1. The minimum absolute atomic E-state index is 0.154.